The topological polar surface area (TPSA) is 18.5 Å². The average molecular weight is 190 g/mol. The van der Waals surface area contributed by atoms with Crippen LogP contribution in [0.4, 0.5) is 0 Å². The summed E-state index contributed by atoms with van der Waals surface area (Å²) in [5.41, 5.74) is 0.987. The van der Waals surface area contributed by atoms with Crippen LogP contribution in [0.3, 0.4) is 0 Å². The molecule has 0 radical (unpaired) electrons. The van der Waals surface area contributed by atoms with Crippen molar-refractivity contribution in [1.82, 2.24) is 0 Å². The molecular weight excluding hydrogens is 176 g/mol. The van der Waals surface area contributed by atoms with E-state index in [1.165, 1.54) is 0 Å². The minimum Gasteiger partial charge on any atom is -0.493 e. The summed E-state index contributed by atoms with van der Waals surface area (Å²) in [6.07, 6.45) is 5.82. The lowest BCUT2D eigenvalue weighted by Crippen LogP contribution is -1.98. The van der Waals surface area contributed by atoms with Gasteiger partial charge in [0.2, 0.25) is 0 Å². The standard InChI is InChI=1S/C12H14O2/c1-4-7-10-8-6-9-11(14-5-2)12(10)13-3/h1,6,8-9H,5,7H2,2-3H3. The molecule has 74 valence electrons. The predicted molar refractivity (Wildman–Crippen MR) is 56.7 cm³/mol. The summed E-state index contributed by atoms with van der Waals surface area (Å²) in [4.78, 5) is 0. The zero-order chi connectivity index (χ0) is 10.4. The Morgan fingerprint density at radius 1 is 1.43 bits per heavy atom. The molecule has 1 aromatic rings. The lowest BCUT2D eigenvalue weighted by atomic mass is 10.1. The Kier molecular flexibility index (Phi) is 3.87. The highest BCUT2D eigenvalue weighted by atomic mass is 16.5. The number of terminal acetylenes is 1. The molecule has 0 bridgehead atoms. The second kappa shape index (κ2) is 5.18. The van der Waals surface area contributed by atoms with Crippen LogP contribution in [-0.4, -0.2) is 13.7 Å². The van der Waals surface area contributed by atoms with Crippen LogP contribution in [-0.2, 0) is 6.42 Å². The van der Waals surface area contributed by atoms with Gasteiger partial charge in [-0.3, -0.25) is 0 Å². The van der Waals surface area contributed by atoms with Gasteiger partial charge in [0, 0.05) is 12.0 Å². The van der Waals surface area contributed by atoms with Crippen molar-refractivity contribution >= 4 is 0 Å². The first kappa shape index (κ1) is 10.5. The van der Waals surface area contributed by atoms with Gasteiger partial charge in [-0.2, -0.15) is 0 Å². The molecule has 0 heterocycles. The van der Waals surface area contributed by atoms with Crippen LogP contribution in [0, 0.1) is 12.3 Å². The first-order valence-electron chi connectivity index (χ1n) is 4.55. The summed E-state index contributed by atoms with van der Waals surface area (Å²) < 4.78 is 10.7. The van der Waals surface area contributed by atoms with Crippen LogP contribution in [0.25, 0.3) is 0 Å². The van der Waals surface area contributed by atoms with E-state index in [4.69, 9.17) is 15.9 Å². The van der Waals surface area contributed by atoms with E-state index >= 15 is 0 Å². The highest BCUT2D eigenvalue weighted by Crippen LogP contribution is 2.31. The van der Waals surface area contributed by atoms with E-state index in [9.17, 15) is 0 Å². The normalized spacial score (nSPS) is 9.21. The van der Waals surface area contributed by atoms with Crippen molar-refractivity contribution in [3.8, 4) is 23.8 Å². The maximum absolute atomic E-state index is 5.42. The van der Waals surface area contributed by atoms with Gasteiger partial charge in [-0.15, -0.1) is 12.3 Å². The second-order valence-corrected chi connectivity index (χ2v) is 2.76. The molecule has 0 atom stereocenters. The minimum absolute atomic E-state index is 0.560. The molecule has 2 nitrogen and oxygen atoms in total. The number of benzene rings is 1. The molecular formula is C12H14O2. The summed E-state index contributed by atoms with van der Waals surface area (Å²) in [7, 11) is 1.62. The van der Waals surface area contributed by atoms with Crippen LogP contribution in [0.1, 0.15) is 12.5 Å². The largest absolute Gasteiger partial charge is 0.493 e. The predicted octanol–water partition coefficient (Wildman–Crippen LogP) is 2.27. The van der Waals surface area contributed by atoms with Gasteiger partial charge in [-0.1, -0.05) is 12.1 Å². The van der Waals surface area contributed by atoms with Gasteiger partial charge in [0.05, 0.1) is 13.7 Å². The third-order valence-electron chi connectivity index (χ3n) is 1.86. The molecule has 1 aromatic carbocycles. The zero-order valence-corrected chi connectivity index (χ0v) is 8.54. The molecule has 0 fully saturated rings. The van der Waals surface area contributed by atoms with Crippen molar-refractivity contribution in [2.24, 2.45) is 0 Å². The van der Waals surface area contributed by atoms with Gasteiger partial charge < -0.3 is 9.47 Å². The van der Waals surface area contributed by atoms with E-state index in [1.807, 2.05) is 25.1 Å². The molecule has 0 aromatic heterocycles. The number of rotatable bonds is 4. The van der Waals surface area contributed by atoms with Crippen molar-refractivity contribution in [2.75, 3.05) is 13.7 Å². The molecule has 1 rings (SSSR count). The molecule has 0 aliphatic rings. The van der Waals surface area contributed by atoms with Crippen LogP contribution in [0.15, 0.2) is 18.2 Å². The van der Waals surface area contributed by atoms with E-state index in [0.717, 1.165) is 17.1 Å². The van der Waals surface area contributed by atoms with Gasteiger partial charge >= 0.3 is 0 Å². The molecule has 14 heavy (non-hydrogen) atoms. The van der Waals surface area contributed by atoms with Gasteiger partial charge in [-0.05, 0) is 13.0 Å². The van der Waals surface area contributed by atoms with E-state index in [2.05, 4.69) is 5.92 Å². The number of para-hydroxylation sites is 1. The van der Waals surface area contributed by atoms with Gasteiger partial charge in [0.1, 0.15) is 0 Å². The number of hydrogen-bond donors (Lipinski definition) is 0. The third-order valence-corrected chi connectivity index (χ3v) is 1.86. The quantitative estimate of drug-likeness (QED) is 0.678. The molecule has 2 heteroatoms. The summed E-state index contributed by atoms with van der Waals surface area (Å²) in [5.74, 6) is 4.09. The molecule has 0 N–H and O–H groups in total. The van der Waals surface area contributed by atoms with Gasteiger partial charge in [0.25, 0.3) is 0 Å². The lowest BCUT2D eigenvalue weighted by molar-refractivity contribution is 0.309. The maximum atomic E-state index is 5.42. The highest BCUT2D eigenvalue weighted by molar-refractivity contribution is 5.47. The zero-order valence-electron chi connectivity index (χ0n) is 8.54. The molecule has 0 aliphatic heterocycles. The van der Waals surface area contributed by atoms with Crippen molar-refractivity contribution < 1.29 is 9.47 Å². The first-order chi connectivity index (χ1) is 6.83. The van der Waals surface area contributed by atoms with Crippen molar-refractivity contribution in [3.05, 3.63) is 23.8 Å². The SMILES string of the molecule is C#CCc1cccc(OCC)c1OC. The van der Waals surface area contributed by atoms with Crippen LogP contribution < -0.4 is 9.47 Å². The Bertz CT molecular complexity index is 337. The summed E-state index contributed by atoms with van der Waals surface area (Å²) in [5, 5.41) is 0. The number of ether oxygens (including phenoxy) is 2. The van der Waals surface area contributed by atoms with Crippen LogP contribution in [0.2, 0.25) is 0 Å². The van der Waals surface area contributed by atoms with Crippen molar-refractivity contribution in [1.29, 1.82) is 0 Å². The molecule has 0 amide bonds. The Labute approximate surface area is 84.8 Å². The van der Waals surface area contributed by atoms with Crippen LogP contribution in [0.5, 0.6) is 11.5 Å². The monoisotopic (exact) mass is 190 g/mol. The van der Waals surface area contributed by atoms with E-state index < -0.39 is 0 Å². The van der Waals surface area contributed by atoms with E-state index in [0.29, 0.717) is 13.0 Å². The Balaban J connectivity index is 3.05. The molecule has 0 saturated heterocycles. The van der Waals surface area contributed by atoms with Crippen molar-refractivity contribution in [2.45, 2.75) is 13.3 Å². The Morgan fingerprint density at radius 3 is 2.79 bits per heavy atom. The van der Waals surface area contributed by atoms with Crippen molar-refractivity contribution in [3.63, 3.8) is 0 Å². The van der Waals surface area contributed by atoms with Crippen LogP contribution >= 0.6 is 0 Å². The summed E-state index contributed by atoms with van der Waals surface area (Å²) >= 11 is 0. The first-order valence-corrected chi connectivity index (χ1v) is 4.55. The number of methoxy groups -OCH3 is 1. The lowest BCUT2D eigenvalue weighted by Gasteiger charge is -2.11. The molecule has 0 aliphatic carbocycles. The molecule has 0 spiro atoms. The highest BCUT2D eigenvalue weighted by Gasteiger charge is 2.08. The average Bonchev–Trinajstić information content (AvgIpc) is 2.19. The summed E-state index contributed by atoms with van der Waals surface area (Å²) in [6.45, 7) is 2.56. The maximum Gasteiger partial charge on any atom is 0.164 e. The molecule has 0 saturated carbocycles. The number of hydrogen-bond acceptors (Lipinski definition) is 2. The fourth-order valence-electron chi connectivity index (χ4n) is 1.31. The second-order valence-electron chi connectivity index (χ2n) is 2.76. The fraction of sp³-hybridized carbons (Fsp3) is 0.333. The smallest absolute Gasteiger partial charge is 0.164 e. The fourth-order valence-corrected chi connectivity index (χ4v) is 1.31. The van der Waals surface area contributed by atoms with E-state index in [-0.39, 0.29) is 0 Å². The third kappa shape index (κ3) is 2.20. The Morgan fingerprint density at radius 2 is 2.21 bits per heavy atom. The summed E-state index contributed by atoms with van der Waals surface area (Å²) in [6, 6.07) is 5.74. The van der Waals surface area contributed by atoms with E-state index in [1.54, 1.807) is 7.11 Å². The minimum atomic E-state index is 0.560. The Hall–Kier alpha value is -1.62. The van der Waals surface area contributed by atoms with Gasteiger partial charge in [-0.25, -0.2) is 0 Å². The van der Waals surface area contributed by atoms with Gasteiger partial charge in [0.15, 0.2) is 11.5 Å². The molecule has 0 unspecified atom stereocenters.